The van der Waals surface area contributed by atoms with E-state index in [9.17, 15) is 4.79 Å². The summed E-state index contributed by atoms with van der Waals surface area (Å²) < 4.78 is 0. The Balaban J connectivity index is 1.69. The summed E-state index contributed by atoms with van der Waals surface area (Å²) in [4.78, 5) is 11.8. The van der Waals surface area contributed by atoms with Crippen molar-refractivity contribution in [1.29, 1.82) is 0 Å². The molecule has 4 aliphatic carbocycles. The Morgan fingerprint density at radius 1 is 1.22 bits per heavy atom. The Morgan fingerprint density at radius 3 is 2.17 bits per heavy atom. The van der Waals surface area contributed by atoms with E-state index < -0.39 is 0 Å². The number of carbonyl (C=O) groups excluding carboxylic acids is 1. The van der Waals surface area contributed by atoms with E-state index in [0.29, 0.717) is 18.0 Å². The van der Waals surface area contributed by atoms with Crippen LogP contribution in [0.2, 0.25) is 0 Å². The maximum atomic E-state index is 11.8. The van der Waals surface area contributed by atoms with Gasteiger partial charge in [0, 0.05) is 6.04 Å². The molecule has 0 aromatic carbocycles. The van der Waals surface area contributed by atoms with Gasteiger partial charge in [0.15, 0.2) is 6.54 Å². The van der Waals surface area contributed by atoms with Crippen LogP contribution in [0.4, 0.5) is 0 Å². The molecule has 102 valence electrons. The highest BCUT2D eigenvalue weighted by atomic mass is 16.1. The van der Waals surface area contributed by atoms with Gasteiger partial charge in [-0.25, -0.2) is 0 Å². The van der Waals surface area contributed by atoms with E-state index in [1.165, 1.54) is 38.5 Å². The van der Waals surface area contributed by atoms with Crippen LogP contribution in [0.25, 0.3) is 0 Å². The topological polar surface area (TPSA) is 45.7 Å². The normalized spacial score (nSPS) is 42.9. The van der Waals surface area contributed by atoms with Crippen molar-refractivity contribution in [3.05, 3.63) is 0 Å². The molecule has 0 radical (unpaired) electrons. The molecule has 0 unspecified atom stereocenters. The van der Waals surface area contributed by atoms with E-state index in [2.05, 4.69) is 12.2 Å². The Kier molecular flexibility index (Phi) is 3.13. The van der Waals surface area contributed by atoms with Gasteiger partial charge in [0.05, 0.1) is 7.05 Å². The van der Waals surface area contributed by atoms with Gasteiger partial charge in [-0.2, -0.15) is 0 Å². The van der Waals surface area contributed by atoms with Crippen LogP contribution in [-0.4, -0.2) is 25.5 Å². The lowest BCUT2D eigenvalue weighted by Crippen LogP contribution is -2.82. The van der Waals surface area contributed by atoms with Crippen LogP contribution < -0.4 is 10.6 Å². The summed E-state index contributed by atoms with van der Waals surface area (Å²) in [7, 11) is 1.95. The van der Waals surface area contributed by atoms with Gasteiger partial charge >= 0.3 is 0 Å². The average Bonchev–Trinajstić information content (AvgIpc) is 2.27. The zero-order valence-corrected chi connectivity index (χ0v) is 11.7. The molecule has 3 heteroatoms. The standard InChI is InChI=1S/C15H26N2O/c1-10(17-14(18)9-16-2)15-6-11-3-12(7-15)5-13(4-11)8-15/h10-13,16H,3-9H2,1-2H3,(H,17,18)/p+1/t10-,11?,12?,13?,15?/m0/s1. The average molecular weight is 251 g/mol. The van der Waals surface area contributed by atoms with Gasteiger partial charge in [0.2, 0.25) is 0 Å². The summed E-state index contributed by atoms with van der Waals surface area (Å²) >= 11 is 0. The number of hydrogen-bond acceptors (Lipinski definition) is 1. The lowest BCUT2D eigenvalue weighted by Gasteiger charge is -2.59. The van der Waals surface area contributed by atoms with Crippen LogP contribution in [0.3, 0.4) is 0 Å². The summed E-state index contributed by atoms with van der Waals surface area (Å²) in [6.07, 6.45) is 8.54. The molecule has 4 aliphatic rings. The molecule has 0 heterocycles. The molecule has 1 atom stereocenters. The lowest BCUT2D eigenvalue weighted by atomic mass is 9.48. The van der Waals surface area contributed by atoms with Crippen LogP contribution in [0.15, 0.2) is 0 Å². The van der Waals surface area contributed by atoms with Crippen LogP contribution in [0.1, 0.15) is 45.4 Å². The number of nitrogens with one attached hydrogen (secondary N) is 1. The molecule has 0 aliphatic heterocycles. The van der Waals surface area contributed by atoms with Crippen molar-refractivity contribution in [2.75, 3.05) is 13.6 Å². The molecule has 4 bridgehead atoms. The van der Waals surface area contributed by atoms with Crippen LogP contribution >= 0.6 is 0 Å². The molecular formula is C15H27N2O+. The second-order valence-electron chi connectivity index (χ2n) is 7.18. The van der Waals surface area contributed by atoms with Crippen LogP contribution in [-0.2, 0) is 4.79 Å². The molecule has 4 fully saturated rings. The fourth-order valence-electron chi connectivity index (χ4n) is 5.35. The molecule has 1 amide bonds. The van der Waals surface area contributed by atoms with Crippen molar-refractivity contribution >= 4 is 5.91 Å². The summed E-state index contributed by atoms with van der Waals surface area (Å²) in [5.74, 6) is 3.11. The summed E-state index contributed by atoms with van der Waals surface area (Å²) in [6.45, 7) is 2.82. The molecule has 4 rings (SSSR count). The molecule has 0 saturated heterocycles. The Hall–Kier alpha value is -0.570. The van der Waals surface area contributed by atoms with Gasteiger partial charge in [-0.15, -0.1) is 0 Å². The SMILES string of the molecule is C[NH2+]CC(=O)N[C@@H](C)C12CC3CC(CC(C3)C1)C2. The number of nitrogens with two attached hydrogens (primary N) is 1. The van der Waals surface area contributed by atoms with Gasteiger partial charge < -0.3 is 10.6 Å². The first kappa shape index (κ1) is 12.5. The first-order valence-corrected chi connectivity index (χ1v) is 7.68. The molecule has 0 spiro atoms. The van der Waals surface area contributed by atoms with Crippen molar-refractivity contribution in [1.82, 2.24) is 5.32 Å². The number of rotatable bonds is 4. The van der Waals surface area contributed by atoms with E-state index in [-0.39, 0.29) is 5.91 Å². The van der Waals surface area contributed by atoms with Crippen molar-refractivity contribution in [2.45, 2.75) is 51.5 Å². The number of hydrogen-bond donors (Lipinski definition) is 2. The second-order valence-corrected chi connectivity index (χ2v) is 7.18. The molecule has 0 aromatic rings. The number of quaternary nitrogens is 1. The summed E-state index contributed by atoms with van der Waals surface area (Å²) in [5.41, 5.74) is 0.443. The highest BCUT2D eigenvalue weighted by molar-refractivity contribution is 5.77. The third kappa shape index (κ3) is 2.07. The quantitative estimate of drug-likeness (QED) is 0.766. The maximum absolute atomic E-state index is 11.8. The number of likely N-dealkylation sites (N-methyl/N-ethyl adjacent to an activating group) is 1. The smallest absolute Gasteiger partial charge is 0.275 e. The summed E-state index contributed by atoms with van der Waals surface area (Å²) in [6, 6.07) is 0.373. The minimum absolute atomic E-state index is 0.209. The largest absolute Gasteiger partial charge is 0.348 e. The van der Waals surface area contributed by atoms with Crippen molar-refractivity contribution in [2.24, 2.45) is 23.2 Å². The molecule has 0 aromatic heterocycles. The molecule has 18 heavy (non-hydrogen) atoms. The molecule has 3 nitrogen and oxygen atoms in total. The van der Waals surface area contributed by atoms with Crippen LogP contribution in [0, 0.1) is 23.2 Å². The van der Waals surface area contributed by atoms with Crippen molar-refractivity contribution < 1.29 is 10.1 Å². The predicted octanol–water partition coefficient (Wildman–Crippen LogP) is 0.901. The number of carbonyl (C=O) groups is 1. The predicted molar refractivity (Wildman–Crippen MR) is 70.9 cm³/mol. The van der Waals surface area contributed by atoms with Gasteiger partial charge in [-0.05, 0) is 68.6 Å². The monoisotopic (exact) mass is 251 g/mol. The molecular weight excluding hydrogens is 224 g/mol. The lowest BCUT2D eigenvalue weighted by molar-refractivity contribution is -0.615. The fraction of sp³-hybridized carbons (Fsp3) is 0.933. The van der Waals surface area contributed by atoms with Gasteiger partial charge in [-0.1, -0.05) is 0 Å². The third-order valence-electron chi connectivity index (χ3n) is 5.77. The van der Waals surface area contributed by atoms with E-state index in [4.69, 9.17) is 0 Å². The number of amides is 1. The minimum Gasteiger partial charge on any atom is -0.348 e. The van der Waals surface area contributed by atoms with E-state index in [1.807, 2.05) is 12.4 Å². The van der Waals surface area contributed by atoms with E-state index in [0.717, 1.165) is 17.8 Å². The van der Waals surface area contributed by atoms with Crippen molar-refractivity contribution in [3.8, 4) is 0 Å². The first-order chi connectivity index (χ1) is 8.61. The third-order valence-corrected chi connectivity index (χ3v) is 5.77. The Bertz CT molecular complexity index is 304. The van der Waals surface area contributed by atoms with Gasteiger partial charge in [0.1, 0.15) is 0 Å². The van der Waals surface area contributed by atoms with E-state index >= 15 is 0 Å². The Morgan fingerprint density at radius 2 is 1.72 bits per heavy atom. The van der Waals surface area contributed by atoms with Crippen molar-refractivity contribution in [3.63, 3.8) is 0 Å². The molecule has 4 saturated carbocycles. The van der Waals surface area contributed by atoms with Gasteiger partial charge in [-0.3, -0.25) is 4.79 Å². The van der Waals surface area contributed by atoms with Gasteiger partial charge in [0.25, 0.3) is 5.91 Å². The molecule has 3 N–H and O–H groups in total. The van der Waals surface area contributed by atoms with Crippen LogP contribution in [0.5, 0.6) is 0 Å². The zero-order valence-electron chi connectivity index (χ0n) is 11.7. The zero-order chi connectivity index (χ0) is 12.8. The minimum atomic E-state index is 0.209. The second kappa shape index (κ2) is 4.52. The Labute approximate surface area is 110 Å². The highest BCUT2D eigenvalue weighted by Gasteiger charge is 2.53. The highest BCUT2D eigenvalue weighted by Crippen LogP contribution is 2.61. The first-order valence-electron chi connectivity index (χ1n) is 7.68. The maximum Gasteiger partial charge on any atom is 0.275 e. The van der Waals surface area contributed by atoms with E-state index in [1.54, 1.807) is 0 Å². The fourth-order valence-corrected chi connectivity index (χ4v) is 5.35. The summed E-state index contributed by atoms with van der Waals surface area (Å²) in [5, 5.41) is 5.21.